The third kappa shape index (κ3) is 4.60. The van der Waals surface area contributed by atoms with Gasteiger partial charge in [0.15, 0.2) is 0 Å². The second-order valence-electron chi connectivity index (χ2n) is 4.82. The van der Waals surface area contributed by atoms with Crippen LogP contribution >= 0.6 is 24.2 Å². The smallest absolute Gasteiger partial charge is 0.337 e. The number of anilines is 1. The highest BCUT2D eigenvalue weighted by atomic mass is 35.5. The summed E-state index contributed by atoms with van der Waals surface area (Å²) in [6.45, 7) is 5.94. The van der Waals surface area contributed by atoms with Crippen LogP contribution in [0.1, 0.15) is 49.9 Å². The summed E-state index contributed by atoms with van der Waals surface area (Å²) in [7, 11) is 0. The second kappa shape index (κ2) is 8.42. The summed E-state index contributed by atoms with van der Waals surface area (Å²) in [6, 6.07) is 3.26. The number of carboxylic acid groups (broad SMARTS) is 1. The van der Waals surface area contributed by atoms with E-state index in [1.807, 2.05) is 0 Å². The topological polar surface area (TPSA) is 40.5 Å². The number of unbranched alkanes of at least 4 members (excludes halogenated alkanes) is 2. The van der Waals surface area contributed by atoms with E-state index in [1.54, 1.807) is 6.07 Å². The Balaban J connectivity index is 3.15. The van der Waals surface area contributed by atoms with Crippen LogP contribution < -0.4 is 4.90 Å². The third-order valence-corrected chi connectivity index (χ3v) is 4.01. The van der Waals surface area contributed by atoms with E-state index in [0.717, 1.165) is 38.8 Å². The zero-order chi connectivity index (χ0) is 15.1. The van der Waals surface area contributed by atoms with E-state index in [2.05, 4.69) is 31.4 Å². The molecule has 1 N–H and O–H groups in total. The summed E-state index contributed by atoms with van der Waals surface area (Å²) < 4.78 is 0. The lowest BCUT2D eigenvalue weighted by atomic mass is 10.1. The van der Waals surface area contributed by atoms with Gasteiger partial charge in [0.1, 0.15) is 0 Å². The molecule has 1 aromatic rings. The van der Waals surface area contributed by atoms with Crippen molar-refractivity contribution in [2.24, 2.45) is 0 Å². The molecule has 0 saturated heterocycles. The minimum atomic E-state index is -0.940. The summed E-state index contributed by atoms with van der Waals surface area (Å²) in [6.07, 6.45) is 4.21. The number of carbonyl (C=O) groups is 1. The van der Waals surface area contributed by atoms with E-state index in [1.165, 1.54) is 6.07 Å². The molecule has 20 heavy (non-hydrogen) atoms. The molecule has 0 bridgehead atoms. The van der Waals surface area contributed by atoms with Crippen molar-refractivity contribution < 1.29 is 9.90 Å². The lowest BCUT2D eigenvalue weighted by Crippen LogP contribution is -2.27. The van der Waals surface area contributed by atoms with Crippen molar-refractivity contribution in [3.8, 4) is 0 Å². The summed E-state index contributed by atoms with van der Waals surface area (Å²) in [4.78, 5) is 14.1. The van der Waals surface area contributed by atoms with Gasteiger partial charge in [-0.25, -0.2) is 4.79 Å². The van der Waals surface area contributed by atoms with Gasteiger partial charge in [0.25, 0.3) is 0 Å². The van der Waals surface area contributed by atoms with E-state index in [-0.39, 0.29) is 5.56 Å². The standard InChI is InChI=1S/C15H22ClNO2S/c1-3-5-7-17(8-6-4-2)13-10-12(16)14(20)9-11(13)15(18)19/h9-10,20H,3-8H2,1-2H3,(H,18,19). The van der Waals surface area contributed by atoms with E-state index in [4.69, 9.17) is 11.6 Å². The van der Waals surface area contributed by atoms with Crippen LogP contribution in [0.3, 0.4) is 0 Å². The number of carboxylic acids is 1. The monoisotopic (exact) mass is 315 g/mol. The highest BCUT2D eigenvalue weighted by Gasteiger charge is 2.18. The Morgan fingerprint density at radius 3 is 2.25 bits per heavy atom. The van der Waals surface area contributed by atoms with Gasteiger partial charge in [-0.15, -0.1) is 12.6 Å². The number of aromatic carboxylic acids is 1. The fourth-order valence-electron chi connectivity index (χ4n) is 2.03. The number of benzene rings is 1. The molecule has 1 rings (SSSR count). The molecule has 0 fully saturated rings. The number of thiol groups is 1. The van der Waals surface area contributed by atoms with Gasteiger partial charge in [-0.1, -0.05) is 38.3 Å². The first kappa shape index (κ1) is 17.2. The fraction of sp³-hybridized carbons (Fsp3) is 0.533. The summed E-state index contributed by atoms with van der Waals surface area (Å²) in [5.74, 6) is -0.940. The van der Waals surface area contributed by atoms with E-state index >= 15 is 0 Å². The lowest BCUT2D eigenvalue weighted by molar-refractivity contribution is 0.0697. The number of halogens is 1. The van der Waals surface area contributed by atoms with Crippen LogP contribution in [0.5, 0.6) is 0 Å². The molecule has 0 aliphatic heterocycles. The molecule has 5 heteroatoms. The average Bonchev–Trinajstić information content (AvgIpc) is 2.41. The molecule has 0 amide bonds. The van der Waals surface area contributed by atoms with Crippen LogP contribution in [-0.2, 0) is 0 Å². The molecule has 0 aliphatic carbocycles. The van der Waals surface area contributed by atoms with Gasteiger partial charge >= 0.3 is 5.97 Å². The van der Waals surface area contributed by atoms with Crippen LogP contribution in [-0.4, -0.2) is 24.2 Å². The van der Waals surface area contributed by atoms with Crippen molar-refractivity contribution in [3.63, 3.8) is 0 Å². The van der Waals surface area contributed by atoms with Gasteiger partial charge in [0.05, 0.1) is 16.3 Å². The van der Waals surface area contributed by atoms with Crippen molar-refractivity contribution >= 4 is 35.9 Å². The Morgan fingerprint density at radius 2 is 1.80 bits per heavy atom. The molecule has 0 heterocycles. The first-order chi connectivity index (χ1) is 9.51. The van der Waals surface area contributed by atoms with E-state index < -0.39 is 5.97 Å². The summed E-state index contributed by atoms with van der Waals surface area (Å²) >= 11 is 10.3. The predicted octanol–water partition coefficient (Wildman–Crippen LogP) is 4.73. The van der Waals surface area contributed by atoms with Gasteiger partial charge in [-0.3, -0.25) is 0 Å². The third-order valence-electron chi connectivity index (χ3n) is 3.20. The highest BCUT2D eigenvalue weighted by Crippen LogP contribution is 2.31. The van der Waals surface area contributed by atoms with Crippen LogP contribution in [0.15, 0.2) is 17.0 Å². The molecular weight excluding hydrogens is 294 g/mol. The van der Waals surface area contributed by atoms with Crippen LogP contribution in [0, 0.1) is 0 Å². The molecule has 0 aliphatic rings. The fourth-order valence-corrected chi connectivity index (χ4v) is 2.39. The maximum absolute atomic E-state index is 11.4. The Bertz CT molecular complexity index is 457. The lowest BCUT2D eigenvalue weighted by Gasteiger charge is -2.26. The Morgan fingerprint density at radius 1 is 1.25 bits per heavy atom. The highest BCUT2D eigenvalue weighted by molar-refractivity contribution is 7.80. The average molecular weight is 316 g/mol. The van der Waals surface area contributed by atoms with Gasteiger partial charge in [-0.05, 0) is 25.0 Å². The molecule has 0 radical (unpaired) electrons. The maximum Gasteiger partial charge on any atom is 0.337 e. The minimum Gasteiger partial charge on any atom is -0.478 e. The van der Waals surface area contributed by atoms with E-state index in [9.17, 15) is 9.90 Å². The quantitative estimate of drug-likeness (QED) is 0.681. The molecule has 3 nitrogen and oxygen atoms in total. The van der Waals surface area contributed by atoms with Crippen molar-refractivity contribution in [1.29, 1.82) is 0 Å². The molecular formula is C15H22ClNO2S. The SMILES string of the molecule is CCCCN(CCCC)c1cc(Cl)c(S)cc1C(=O)O. The Kier molecular flexibility index (Phi) is 7.24. The Hall–Kier alpha value is -0.870. The first-order valence-corrected chi connectivity index (χ1v) is 7.84. The number of rotatable bonds is 8. The zero-order valence-corrected chi connectivity index (χ0v) is 13.7. The molecule has 0 atom stereocenters. The van der Waals surface area contributed by atoms with Gasteiger partial charge in [0.2, 0.25) is 0 Å². The normalized spacial score (nSPS) is 10.6. The summed E-state index contributed by atoms with van der Waals surface area (Å²) in [5, 5.41) is 9.87. The molecule has 0 aromatic heterocycles. The minimum absolute atomic E-state index is 0.270. The van der Waals surface area contributed by atoms with Crippen LogP contribution in [0.4, 0.5) is 5.69 Å². The maximum atomic E-state index is 11.4. The molecule has 1 aromatic carbocycles. The number of hydrogen-bond acceptors (Lipinski definition) is 3. The van der Waals surface area contributed by atoms with Crippen molar-refractivity contribution in [2.45, 2.75) is 44.4 Å². The van der Waals surface area contributed by atoms with Gasteiger partial charge in [0, 0.05) is 18.0 Å². The largest absolute Gasteiger partial charge is 0.478 e. The molecule has 0 unspecified atom stereocenters. The molecule has 0 saturated carbocycles. The van der Waals surface area contributed by atoms with E-state index in [0.29, 0.717) is 15.6 Å². The first-order valence-electron chi connectivity index (χ1n) is 7.02. The molecule has 112 valence electrons. The van der Waals surface area contributed by atoms with Crippen molar-refractivity contribution in [1.82, 2.24) is 0 Å². The zero-order valence-electron chi connectivity index (χ0n) is 12.0. The summed E-state index contributed by atoms with van der Waals surface area (Å²) in [5.41, 5.74) is 0.966. The van der Waals surface area contributed by atoms with Gasteiger partial charge in [-0.2, -0.15) is 0 Å². The number of hydrogen-bond donors (Lipinski definition) is 2. The molecule has 0 spiro atoms. The van der Waals surface area contributed by atoms with Crippen molar-refractivity contribution in [2.75, 3.05) is 18.0 Å². The van der Waals surface area contributed by atoms with Crippen molar-refractivity contribution in [3.05, 3.63) is 22.7 Å². The predicted molar refractivity (Wildman–Crippen MR) is 87.7 cm³/mol. The van der Waals surface area contributed by atoms with Gasteiger partial charge < -0.3 is 10.0 Å². The van der Waals surface area contributed by atoms with Crippen LogP contribution in [0.2, 0.25) is 5.02 Å². The second-order valence-corrected chi connectivity index (χ2v) is 5.71. The van der Waals surface area contributed by atoms with Crippen LogP contribution in [0.25, 0.3) is 0 Å². The Labute approximate surface area is 131 Å². The number of nitrogens with zero attached hydrogens (tertiary/aromatic N) is 1.